The lowest BCUT2D eigenvalue weighted by atomic mass is 9.96. The molecule has 5 heteroatoms. The number of nitrogens with two attached hydrogens (primary N) is 1. The monoisotopic (exact) mass is 239 g/mol. The number of hydrogen-bond donors (Lipinski definition) is 2. The Kier molecular flexibility index (Phi) is 3.14. The first kappa shape index (κ1) is 12.4. The van der Waals surface area contributed by atoms with Crippen LogP contribution in [0.15, 0.2) is 6.20 Å². The van der Waals surface area contributed by atoms with Crippen molar-refractivity contribution < 1.29 is 9.84 Å². The van der Waals surface area contributed by atoms with Crippen LogP contribution in [0.3, 0.4) is 0 Å². The highest BCUT2D eigenvalue weighted by atomic mass is 16.5. The topological polar surface area (TPSA) is 73.3 Å². The summed E-state index contributed by atoms with van der Waals surface area (Å²) >= 11 is 0. The van der Waals surface area contributed by atoms with Crippen LogP contribution in [0.1, 0.15) is 44.8 Å². The minimum absolute atomic E-state index is 0.0558. The normalized spacial score (nSPS) is 28.9. The molecule has 1 aromatic rings. The van der Waals surface area contributed by atoms with E-state index in [9.17, 15) is 5.11 Å². The van der Waals surface area contributed by atoms with Crippen LogP contribution < -0.4 is 10.5 Å². The minimum Gasteiger partial charge on any atom is -0.493 e. The van der Waals surface area contributed by atoms with Crippen LogP contribution in [0.2, 0.25) is 0 Å². The maximum absolute atomic E-state index is 10.7. The lowest BCUT2D eigenvalue weighted by molar-refractivity contribution is 0.0300. The van der Waals surface area contributed by atoms with Crippen molar-refractivity contribution in [1.29, 1.82) is 0 Å². The Labute approximate surface area is 102 Å². The zero-order valence-corrected chi connectivity index (χ0v) is 10.7. The van der Waals surface area contributed by atoms with Crippen LogP contribution in [0.4, 0.5) is 0 Å². The van der Waals surface area contributed by atoms with E-state index in [1.165, 1.54) is 0 Å². The molecule has 5 nitrogen and oxygen atoms in total. The van der Waals surface area contributed by atoms with Gasteiger partial charge in [0.1, 0.15) is 11.3 Å². The summed E-state index contributed by atoms with van der Waals surface area (Å²) in [7, 11) is 1.60. The average Bonchev–Trinajstić information content (AvgIpc) is 2.82. The van der Waals surface area contributed by atoms with Crippen molar-refractivity contribution in [2.75, 3.05) is 7.11 Å². The molecule has 0 radical (unpaired) electrons. The summed E-state index contributed by atoms with van der Waals surface area (Å²) in [5, 5.41) is 15.0. The number of ether oxygens (including phenoxy) is 1. The highest BCUT2D eigenvalue weighted by molar-refractivity contribution is 5.32. The van der Waals surface area contributed by atoms with E-state index in [0.29, 0.717) is 18.6 Å². The summed E-state index contributed by atoms with van der Waals surface area (Å²) in [6.45, 7) is 4.07. The second-order valence-electron chi connectivity index (χ2n) is 5.13. The Morgan fingerprint density at radius 3 is 2.82 bits per heavy atom. The quantitative estimate of drug-likeness (QED) is 0.830. The van der Waals surface area contributed by atoms with Crippen molar-refractivity contribution in [2.45, 2.75) is 50.8 Å². The third-order valence-electron chi connectivity index (χ3n) is 3.44. The standard InChI is InChI=1S/C12H21N3O2/c1-8(2)15-11(10(17-3)7-14-15)12(16)5-4-9(13)6-12/h7-9,16H,4-6,13H2,1-3H3. The van der Waals surface area contributed by atoms with Crippen molar-refractivity contribution >= 4 is 0 Å². The lowest BCUT2D eigenvalue weighted by Gasteiger charge is -2.26. The second-order valence-corrected chi connectivity index (χ2v) is 5.13. The van der Waals surface area contributed by atoms with Crippen LogP contribution in [0.25, 0.3) is 0 Å². The van der Waals surface area contributed by atoms with Gasteiger partial charge in [0.05, 0.1) is 13.3 Å². The van der Waals surface area contributed by atoms with Gasteiger partial charge in [0.15, 0.2) is 5.75 Å². The zero-order chi connectivity index (χ0) is 12.6. The Balaban J connectivity index is 2.45. The molecule has 2 atom stereocenters. The largest absolute Gasteiger partial charge is 0.493 e. The van der Waals surface area contributed by atoms with Crippen LogP contribution in [-0.4, -0.2) is 28.0 Å². The van der Waals surface area contributed by atoms with Gasteiger partial charge >= 0.3 is 0 Å². The SMILES string of the molecule is COc1cnn(C(C)C)c1C1(O)CCC(N)C1. The number of rotatable bonds is 3. The Hall–Kier alpha value is -1.07. The summed E-state index contributed by atoms with van der Waals surface area (Å²) < 4.78 is 7.14. The number of hydrogen-bond acceptors (Lipinski definition) is 4. The molecule has 2 rings (SSSR count). The van der Waals surface area contributed by atoms with Crippen molar-refractivity contribution in [3.8, 4) is 5.75 Å². The van der Waals surface area contributed by atoms with Gasteiger partial charge in [-0.25, -0.2) is 0 Å². The summed E-state index contributed by atoms with van der Waals surface area (Å²) in [6.07, 6.45) is 3.74. The van der Waals surface area contributed by atoms with E-state index >= 15 is 0 Å². The maximum Gasteiger partial charge on any atom is 0.162 e. The Bertz CT molecular complexity index is 402. The fourth-order valence-corrected chi connectivity index (χ4v) is 2.61. The van der Waals surface area contributed by atoms with Crippen LogP contribution in [0.5, 0.6) is 5.75 Å². The van der Waals surface area contributed by atoms with E-state index in [-0.39, 0.29) is 12.1 Å². The fourth-order valence-electron chi connectivity index (χ4n) is 2.61. The molecule has 17 heavy (non-hydrogen) atoms. The van der Waals surface area contributed by atoms with Gasteiger partial charge in [0.2, 0.25) is 0 Å². The summed E-state index contributed by atoms with van der Waals surface area (Å²) in [5.74, 6) is 0.648. The maximum atomic E-state index is 10.7. The van der Waals surface area contributed by atoms with Crippen LogP contribution in [0, 0.1) is 0 Å². The van der Waals surface area contributed by atoms with Crippen molar-refractivity contribution in [3.05, 3.63) is 11.9 Å². The number of nitrogens with zero attached hydrogens (tertiary/aromatic N) is 2. The van der Waals surface area contributed by atoms with Gasteiger partial charge in [-0.3, -0.25) is 4.68 Å². The second kappa shape index (κ2) is 4.31. The molecule has 0 amide bonds. The molecule has 3 N–H and O–H groups in total. The molecule has 1 saturated carbocycles. The molecule has 0 saturated heterocycles. The van der Waals surface area contributed by atoms with E-state index in [2.05, 4.69) is 5.10 Å². The highest BCUT2D eigenvalue weighted by Gasteiger charge is 2.42. The van der Waals surface area contributed by atoms with Gasteiger partial charge in [-0.1, -0.05) is 0 Å². The van der Waals surface area contributed by atoms with E-state index in [1.807, 2.05) is 18.5 Å². The molecule has 0 aromatic carbocycles. The molecule has 96 valence electrons. The molecule has 1 heterocycles. The first-order valence-corrected chi connectivity index (χ1v) is 6.08. The van der Waals surface area contributed by atoms with Crippen molar-refractivity contribution in [2.24, 2.45) is 5.73 Å². The van der Waals surface area contributed by atoms with Crippen molar-refractivity contribution in [3.63, 3.8) is 0 Å². The van der Waals surface area contributed by atoms with Gasteiger partial charge < -0.3 is 15.6 Å². The molecule has 1 aliphatic carbocycles. The highest BCUT2D eigenvalue weighted by Crippen LogP contribution is 2.42. The smallest absolute Gasteiger partial charge is 0.162 e. The summed E-state index contributed by atoms with van der Waals surface area (Å²) in [6, 6.07) is 0.245. The van der Waals surface area contributed by atoms with E-state index < -0.39 is 5.60 Å². The molecule has 0 spiro atoms. The predicted octanol–water partition coefficient (Wildman–Crippen LogP) is 1.17. The molecular weight excluding hydrogens is 218 g/mol. The van der Waals surface area contributed by atoms with Gasteiger partial charge in [0, 0.05) is 12.1 Å². The Morgan fingerprint density at radius 2 is 2.35 bits per heavy atom. The van der Waals surface area contributed by atoms with E-state index in [1.54, 1.807) is 13.3 Å². The fraction of sp³-hybridized carbons (Fsp3) is 0.750. The van der Waals surface area contributed by atoms with E-state index in [4.69, 9.17) is 10.5 Å². The number of aliphatic hydroxyl groups is 1. The first-order valence-electron chi connectivity index (χ1n) is 6.08. The van der Waals surface area contributed by atoms with Gasteiger partial charge in [0.25, 0.3) is 0 Å². The first-order chi connectivity index (χ1) is 7.98. The summed E-state index contributed by atoms with van der Waals surface area (Å²) in [4.78, 5) is 0. The van der Waals surface area contributed by atoms with Crippen molar-refractivity contribution in [1.82, 2.24) is 9.78 Å². The zero-order valence-electron chi connectivity index (χ0n) is 10.7. The predicted molar refractivity (Wildman–Crippen MR) is 64.9 cm³/mol. The van der Waals surface area contributed by atoms with Gasteiger partial charge in [-0.15, -0.1) is 0 Å². The number of aromatic nitrogens is 2. The molecule has 0 aliphatic heterocycles. The third kappa shape index (κ3) is 2.05. The molecule has 1 fully saturated rings. The number of methoxy groups -OCH3 is 1. The van der Waals surface area contributed by atoms with Crippen LogP contribution in [-0.2, 0) is 5.60 Å². The molecular formula is C12H21N3O2. The Morgan fingerprint density at radius 1 is 1.65 bits per heavy atom. The molecule has 2 unspecified atom stereocenters. The lowest BCUT2D eigenvalue weighted by Crippen LogP contribution is -2.29. The molecule has 1 aromatic heterocycles. The molecule has 0 bridgehead atoms. The van der Waals surface area contributed by atoms with Gasteiger partial charge in [-0.05, 0) is 33.1 Å². The van der Waals surface area contributed by atoms with Gasteiger partial charge in [-0.2, -0.15) is 5.10 Å². The van der Waals surface area contributed by atoms with Crippen LogP contribution >= 0.6 is 0 Å². The molecule has 1 aliphatic rings. The summed E-state index contributed by atoms with van der Waals surface area (Å²) in [5.41, 5.74) is 5.77. The third-order valence-corrected chi connectivity index (χ3v) is 3.44. The average molecular weight is 239 g/mol. The van der Waals surface area contributed by atoms with E-state index in [0.717, 1.165) is 12.1 Å². The minimum atomic E-state index is -0.897.